The van der Waals surface area contributed by atoms with Crippen LogP contribution in [0.25, 0.3) is 0 Å². The molecule has 0 saturated carbocycles. The maximum absolute atomic E-state index is 2.41. The molecule has 1 atom stereocenters. The van der Waals surface area contributed by atoms with Gasteiger partial charge >= 0.3 is 0 Å². The largest absolute Gasteiger partial charge is 0.0654 e. The Morgan fingerprint density at radius 2 is 1.11 bits per heavy atom. The van der Waals surface area contributed by atoms with Crippen molar-refractivity contribution in [2.45, 2.75) is 112 Å². The normalized spacial score (nSPS) is 13.7. The molecule has 0 N–H and O–H groups in total. The summed E-state index contributed by atoms with van der Waals surface area (Å²) >= 11 is 0. The summed E-state index contributed by atoms with van der Waals surface area (Å²) in [5, 5.41) is 0. The Balaban J connectivity index is 4.16. The van der Waals surface area contributed by atoms with E-state index in [0.717, 1.165) is 5.92 Å². The summed E-state index contributed by atoms with van der Waals surface area (Å²) in [6.07, 6.45) is 17.1. The average Bonchev–Trinajstić information content (AvgIpc) is 2.45. The lowest BCUT2D eigenvalue weighted by molar-refractivity contribution is 0.113. The first kappa shape index (κ1) is 19.0. The standard InChI is InChI=1S/C19H40/c1-6-11-12-13-14-15-17-18(16-7-2)19(8-3,9-4)10-5/h18H,6-17H2,1-5H3. The van der Waals surface area contributed by atoms with Gasteiger partial charge in [0.05, 0.1) is 0 Å². The van der Waals surface area contributed by atoms with E-state index in [2.05, 4.69) is 34.6 Å². The first-order valence-corrected chi connectivity index (χ1v) is 9.20. The highest BCUT2D eigenvalue weighted by atomic mass is 14.4. The van der Waals surface area contributed by atoms with Crippen LogP contribution in [0.3, 0.4) is 0 Å². The molecular formula is C19H40. The minimum Gasteiger partial charge on any atom is -0.0654 e. The molecule has 0 aromatic rings. The highest BCUT2D eigenvalue weighted by Crippen LogP contribution is 2.43. The summed E-state index contributed by atoms with van der Waals surface area (Å²) in [6.45, 7) is 11.9. The number of unbranched alkanes of at least 4 members (excludes halogenated alkanes) is 5. The van der Waals surface area contributed by atoms with E-state index in [1.54, 1.807) is 0 Å². The van der Waals surface area contributed by atoms with Crippen molar-refractivity contribution >= 4 is 0 Å². The van der Waals surface area contributed by atoms with E-state index in [1.165, 1.54) is 77.0 Å². The van der Waals surface area contributed by atoms with Crippen molar-refractivity contribution < 1.29 is 0 Å². The van der Waals surface area contributed by atoms with E-state index in [0.29, 0.717) is 5.41 Å². The molecule has 0 fully saturated rings. The van der Waals surface area contributed by atoms with Gasteiger partial charge in [-0.1, -0.05) is 105 Å². The molecule has 0 bridgehead atoms. The lowest BCUT2D eigenvalue weighted by Crippen LogP contribution is -2.29. The van der Waals surface area contributed by atoms with Crippen LogP contribution < -0.4 is 0 Å². The number of hydrogen-bond donors (Lipinski definition) is 0. The molecule has 0 aliphatic heterocycles. The zero-order chi connectivity index (χ0) is 14.6. The fourth-order valence-corrected chi connectivity index (χ4v) is 3.89. The average molecular weight is 269 g/mol. The number of hydrogen-bond acceptors (Lipinski definition) is 0. The molecule has 0 aromatic carbocycles. The Kier molecular flexibility index (Phi) is 11.8. The van der Waals surface area contributed by atoms with E-state index < -0.39 is 0 Å². The molecule has 0 aromatic heterocycles. The van der Waals surface area contributed by atoms with Crippen LogP contribution in [0.5, 0.6) is 0 Å². The Morgan fingerprint density at radius 1 is 0.579 bits per heavy atom. The van der Waals surface area contributed by atoms with Crippen molar-refractivity contribution in [3.63, 3.8) is 0 Å². The molecule has 0 nitrogen and oxygen atoms in total. The highest BCUT2D eigenvalue weighted by molar-refractivity contribution is 4.83. The van der Waals surface area contributed by atoms with Crippen LogP contribution in [-0.4, -0.2) is 0 Å². The molecule has 0 spiro atoms. The van der Waals surface area contributed by atoms with Gasteiger partial charge in [-0.2, -0.15) is 0 Å². The molecule has 0 amide bonds. The van der Waals surface area contributed by atoms with Crippen molar-refractivity contribution in [1.29, 1.82) is 0 Å². The van der Waals surface area contributed by atoms with Gasteiger partial charge in [0.1, 0.15) is 0 Å². The zero-order valence-corrected chi connectivity index (χ0v) is 14.6. The summed E-state index contributed by atoms with van der Waals surface area (Å²) < 4.78 is 0. The van der Waals surface area contributed by atoms with Gasteiger partial charge in [-0.05, 0) is 17.8 Å². The molecule has 0 heteroatoms. The van der Waals surface area contributed by atoms with Crippen molar-refractivity contribution in [2.75, 3.05) is 0 Å². The third-order valence-corrected chi connectivity index (χ3v) is 5.52. The van der Waals surface area contributed by atoms with E-state index in [1.807, 2.05) is 0 Å². The summed E-state index contributed by atoms with van der Waals surface area (Å²) in [7, 11) is 0. The number of rotatable bonds is 13. The molecule has 19 heavy (non-hydrogen) atoms. The van der Waals surface area contributed by atoms with E-state index in [9.17, 15) is 0 Å². The van der Waals surface area contributed by atoms with E-state index >= 15 is 0 Å². The highest BCUT2D eigenvalue weighted by Gasteiger charge is 2.32. The zero-order valence-electron chi connectivity index (χ0n) is 14.6. The van der Waals surface area contributed by atoms with Gasteiger partial charge in [0, 0.05) is 0 Å². The van der Waals surface area contributed by atoms with E-state index in [4.69, 9.17) is 0 Å². The van der Waals surface area contributed by atoms with Crippen molar-refractivity contribution in [2.24, 2.45) is 11.3 Å². The summed E-state index contributed by atoms with van der Waals surface area (Å²) in [4.78, 5) is 0. The Morgan fingerprint density at radius 3 is 1.58 bits per heavy atom. The van der Waals surface area contributed by atoms with Gasteiger partial charge in [0.2, 0.25) is 0 Å². The molecule has 0 rings (SSSR count). The van der Waals surface area contributed by atoms with Crippen molar-refractivity contribution in [3.8, 4) is 0 Å². The second-order valence-corrected chi connectivity index (χ2v) is 6.47. The van der Waals surface area contributed by atoms with Crippen molar-refractivity contribution in [1.82, 2.24) is 0 Å². The van der Waals surface area contributed by atoms with Crippen LogP contribution in [0.1, 0.15) is 112 Å². The molecule has 0 heterocycles. The fourth-order valence-electron chi connectivity index (χ4n) is 3.89. The molecule has 116 valence electrons. The van der Waals surface area contributed by atoms with Crippen LogP contribution in [0.2, 0.25) is 0 Å². The molecular weight excluding hydrogens is 228 g/mol. The quantitative estimate of drug-likeness (QED) is 0.306. The third kappa shape index (κ3) is 6.82. The summed E-state index contributed by atoms with van der Waals surface area (Å²) in [5.41, 5.74) is 0.638. The maximum atomic E-state index is 2.41. The second-order valence-electron chi connectivity index (χ2n) is 6.47. The molecule has 0 saturated heterocycles. The van der Waals surface area contributed by atoms with Gasteiger partial charge < -0.3 is 0 Å². The minimum absolute atomic E-state index is 0.638. The predicted molar refractivity (Wildman–Crippen MR) is 89.7 cm³/mol. The van der Waals surface area contributed by atoms with Gasteiger partial charge in [-0.25, -0.2) is 0 Å². The lowest BCUT2D eigenvalue weighted by atomic mass is 9.66. The SMILES string of the molecule is CCCCCCCCC(CCC)C(CC)(CC)CC. The Hall–Kier alpha value is 0. The van der Waals surface area contributed by atoms with Crippen LogP contribution in [-0.2, 0) is 0 Å². The minimum atomic E-state index is 0.638. The first-order chi connectivity index (χ1) is 9.20. The van der Waals surface area contributed by atoms with E-state index in [-0.39, 0.29) is 0 Å². The first-order valence-electron chi connectivity index (χ1n) is 9.20. The smallest absolute Gasteiger partial charge is 0.0277 e. The lowest BCUT2D eigenvalue weighted by Gasteiger charge is -2.39. The summed E-state index contributed by atoms with van der Waals surface area (Å²) in [6, 6.07) is 0. The van der Waals surface area contributed by atoms with Crippen LogP contribution in [0.15, 0.2) is 0 Å². The molecule has 1 unspecified atom stereocenters. The monoisotopic (exact) mass is 268 g/mol. The molecule has 0 radical (unpaired) electrons. The third-order valence-electron chi connectivity index (χ3n) is 5.52. The van der Waals surface area contributed by atoms with Crippen LogP contribution in [0.4, 0.5) is 0 Å². The fraction of sp³-hybridized carbons (Fsp3) is 1.00. The van der Waals surface area contributed by atoms with Gasteiger partial charge in [0.15, 0.2) is 0 Å². The Bertz CT molecular complexity index is 170. The molecule has 0 aliphatic rings. The molecule has 0 aliphatic carbocycles. The second kappa shape index (κ2) is 11.8. The maximum Gasteiger partial charge on any atom is -0.0277 e. The van der Waals surface area contributed by atoms with Gasteiger partial charge in [-0.3, -0.25) is 0 Å². The van der Waals surface area contributed by atoms with Crippen LogP contribution in [0, 0.1) is 11.3 Å². The van der Waals surface area contributed by atoms with Crippen LogP contribution >= 0.6 is 0 Å². The predicted octanol–water partition coefficient (Wildman–Crippen LogP) is 7.37. The van der Waals surface area contributed by atoms with Crippen molar-refractivity contribution in [3.05, 3.63) is 0 Å². The van der Waals surface area contributed by atoms with Gasteiger partial charge in [0.25, 0.3) is 0 Å². The Labute approximate surface area is 123 Å². The van der Waals surface area contributed by atoms with Gasteiger partial charge in [-0.15, -0.1) is 0 Å². The topological polar surface area (TPSA) is 0 Å². The summed E-state index contributed by atoms with van der Waals surface area (Å²) in [5.74, 6) is 0.976.